The second-order valence-corrected chi connectivity index (χ2v) is 4.43. The molecule has 2 nitrogen and oxygen atoms in total. The number of rotatable bonds is 7. The van der Waals surface area contributed by atoms with E-state index in [2.05, 4.69) is 11.6 Å². The maximum absolute atomic E-state index is 9.27. The third kappa shape index (κ3) is 4.69. The van der Waals surface area contributed by atoms with Crippen LogP contribution in [0.2, 0.25) is 0 Å². The first-order valence-electron chi connectivity index (χ1n) is 5.26. The summed E-state index contributed by atoms with van der Waals surface area (Å²) in [6.45, 7) is 1.12. The highest BCUT2D eigenvalue weighted by molar-refractivity contribution is 7.98. The van der Waals surface area contributed by atoms with Crippen molar-refractivity contribution in [1.29, 1.82) is 0 Å². The Kier molecular flexibility index (Phi) is 6.48. The first kappa shape index (κ1) is 12.6. The van der Waals surface area contributed by atoms with Gasteiger partial charge in [0.05, 0.1) is 12.6 Å². The van der Waals surface area contributed by atoms with E-state index in [1.165, 1.54) is 5.75 Å². The quantitative estimate of drug-likeness (QED) is 0.697. The number of aliphatic hydroxyl groups is 1. The highest BCUT2D eigenvalue weighted by Gasteiger charge is 2.07. The van der Waals surface area contributed by atoms with Gasteiger partial charge in [0.1, 0.15) is 0 Å². The van der Waals surface area contributed by atoms with Gasteiger partial charge in [-0.1, -0.05) is 30.3 Å². The molecule has 0 unspecified atom stereocenters. The Balaban J connectivity index is 2.36. The Hall–Kier alpha value is -0.510. The van der Waals surface area contributed by atoms with Crippen LogP contribution in [0.25, 0.3) is 0 Å². The summed E-state index contributed by atoms with van der Waals surface area (Å²) in [6, 6.07) is 10.2. The minimum absolute atomic E-state index is 0.0769. The summed E-state index contributed by atoms with van der Waals surface area (Å²) in [6.07, 6.45) is 3.26. The van der Waals surface area contributed by atoms with Crippen LogP contribution < -0.4 is 5.32 Å². The van der Waals surface area contributed by atoms with Gasteiger partial charge in [0.25, 0.3) is 0 Å². The van der Waals surface area contributed by atoms with Gasteiger partial charge in [-0.15, -0.1) is 0 Å². The largest absolute Gasteiger partial charge is 0.394 e. The van der Waals surface area contributed by atoms with Gasteiger partial charge in [0.2, 0.25) is 0 Å². The molecule has 0 aliphatic heterocycles. The third-order valence-electron chi connectivity index (χ3n) is 2.30. The van der Waals surface area contributed by atoms with Gasteiger partial charge < -0.3 is 10.4 Å². The first-order valence-corrected chi connectivity index (χ1v) is 6.66. The van der Waals surface area contributed by atoms with Crippen molar-refractivity contribution in [2.75, 3.05) is 25.2 Å². The molecule has 1 atom stereocenters. The van der Waals surface area contributed by atoms with Crippen LogP contribution in [0.1, 0.15) is 18.0 Å². The summed E-state index contributed by atoms with van der Waals surface area (Å²) in [5, 5.41) is 12.6. The summed E-state index contributed by atoms with van der Waals surface area (Å²) >= 11 is 1.85. The van der Waals surface area contributed by atoms with Crippen LogP contribution in [0, 0.1) is 0 Å². The van der Waals surface area contributed by atoms with Crippen molar-refractivity contribution in [3.63, 3.8) is 0 Å². The van der Waals surface area contributed by atoms with E-state index >= 15 is 0 Å². The van der Waals surface area contributed by atoms with E-state index in [4.69, 9.17) is 0 Å². The molecule has 15 heavy (non-hydrogen) atoms. The van der Waals surface area contributed by atoms with Crippen molar-refractivity contribution in [2.24, 2.45) is 0 Å². The maximum atomic E-state index is 9.27. The lowest BCUT2D eigenvalue weighted by Gasteiger charge is -2.16. The Morgan fingerprint density at radius 2 is 2.07 bits per heavy atom. The van der Waals surface area contributed by atoms with E-state index in [-0.39, 0.29) is 12.6 Å². The molecule has 0 bridgehead atoms. The monoisotopic (exact) mass is 225 g/mol. The van der Waals surface area contributed by atoms with Crippen LogP contribution in [0.15, 0.2) is 30.3 Å². The average molecular weight is 225 g/mol. The summed E-state index contributed by atoms with van der Waals surface area (Å²) in [7, 11) is 0. The second-order valence-electron chi connectivity index (χ2n) is 3.45. The molecule has 0 heterocycles. The fraction of sp³-hybridized carbons (Fsp3) is 0.500. The molecule has 1 aromatic rings. The molecule has 1 aromatic carbocycles. The molecule has 3 heteroatoms. The lowest BCUT2D eigenvalue weighted by molar-refractivity contribution is 0.245. The molecule has 0 aliphatic rings. The lowest BCUT2D eigenvalue weighted by atomic mass is 10.1. The van der Waals surface area contributed by atoms with Crippen molar-refractivity contribution in [1.82, 2.24) is 5.32 Å². The van der Waals surface area contributed by atoms with Crippen molar-refractivity contribution in [3.8, 4) is 0 Å². The van der Waals surface area contributed by atoms with E-state index in [1.807, 2.05) is 42.1 Å². The Bertz CT molecular complexity index is 253. The zero-order valence-corrected chi connectivity index (χ0v) is 9.96. The van der Waals surface area contributed by atoms with Gasteiger partial charge in [-0.3, -0.25) is 0 Å². The van der Waals surface area contributed by atoms with Crippen LogP contribution in [-0.4, -0.2) is 30.3 Å². The SMILES string of the molecule is CSCCCN[C@H](CO)c1ccccc1. The number of nitrogens with one attached hydrogen (secondary N) is 1. The summed E-state index contributed by atoms with van der Waals surface area (Å²) in [5.41, 5.74) is 1.16. The zero-order chi connectivity index (χ0) is 10.9. The Morgan fingerprint density at radius 1 is 1.33 bits per heavy atom. The Labute approximate surface area is 96.1 Å². The minimum atomic E-state index is 0.0769. The van der Waals surface area contributed by atoms with Gasteiger partial charge in [-0.05, 0) is 30.5 Å². The molecule has 2 N–H and O–H groups in total. The van der Waals surface area contributed by atoms with Gasteiger partial charge in [0, 0.05) is 0 Å². The molecule has 0 aromatic heterocycles. The molecule has 1 rings (SSSR count). The summed E-state index contributed by atoms with van der Waals surface area (Å²) < 4.78 is 0. The summed E-state index contributed by atoms with van der Waals surface area (Å²) in [4.78, 5) is 0. The molecule has 0 fully saturated rings. The molecular weight excluding hydrogens is 206 g/mol. The maximum Gasteiger partial charge on any atom is 0.0626 e. The predicted molar refractivity (Wildman–Crippen MR) is 67.3 cm³/mol. The standard InChI is InChI=1S/C12H19NOS/c1-15-9-5-8-13-12(10-14)11-6-3-2-4-7-11/h2-4,6-7,12-14H,5,8-10H2,1H3/t12-/m1/s1. The van der Waals surface area contributed by atoms with Crippen LogP contribution in [-0.2, 0) is 0 Å². The number of hydrogen-bond acceptors (Lipinski definition) is 3. The lowest BCUT2D eigenvalue weighted by Crippen LogP contribution is -2.25. The number of hydrogen-bond donors (Lipinski definition) is 2. The first-order chi connectivity index (χ1) is 7.38. The predicted octanol–water partition coefficient (Wildman–Crippen LogP) is 2.06. The third-order valence-corrected chi connectivity index (χ3v) is 3.00. The van der Waals surface area contributed by atoms with Crippen LogP contribution in [0.5, 0.6) is 0 Å². The molecule has 0 saturated carbocycles. The topological polar surface area (TPSA) is 32.3 Å². The highest BCUT2D eigenvalue weighted by Crippen LogP contribution is 2.11. The van der Waals surface area contributed by atoms with Gasteiger partial charge in [-0.2, -0.15) is 11.8 Å². The summed E-state index contributed by atoms with van der Waals surface area (Å²) in [5.74, 6) is 1.17. The Morgan fingerprint density at radius 3 is 2.67 bits per heavy atom. The van der Waals surface area contributed by atoms with Crippen LogP contribution in [0.3, 0.4) is 0 Å². The van der Waals surface area contributed by atoms with Gasteiger partial charge >= 0.3 is 0 Å². The van der Waals surface area contributed by atoms with E-state index in [9.17, 15) is 5.11 Å². The zero-order valence-electron chi connectivity index (χ0n) is 9.15. The fourth-order valence-electron chi connectivity index (χ4n) is 1.47. The van der Waals surface area contributed by atoms with E-state index < -0.39 is 0 Å². The molecule has 84 valence electrons. The van der Waals surface area contributed by atoms with Crippen molar-refractivity contribution >= 4 is 11.8 Å². The molecule has 0 spiro atoms. The van der Waals surface area contributed by atoms with E-state index in [0.717, 1.165) is 18.5 Å². The minimum Gasteiger partial charge on any atom is -0.394 e. The van der Waals surface area contributed by atoms with Crippen molar-refractivity contribution < 1.29 is 5.11 Å². The molecular formula is C12H19NOS. The molecule has 0 amide bonds. The van der Waals surface area contributed by atoms with E-state index in [1.54, 1.807) is 0 Å². The van der Waals surface area contributed by atoms with Crippen molar-refractivity contribution in [2.45, 2.75) is 12.5 Å². The van der Waals surface area contributed by atoms with Crippen LogP contribution >= 0.6 is 11.8 Å². The number of benzene rings is 1. The van der Waals surface area contributed by atoms with Crippen LogP contribution in [0.4, 0.5) is 0 Å². The van der Waals surface area contributed by atoms with E-state index in [0.29, 0.717) is 0 Å². The normalized spacial score (nSPS) is 12.7. The fourth-order valence-corrected chi connectivity index (χ4v) is 1.90. The van der Waals surface area contributed by atoms with Gasteiger partial charge in [-0.25, -0.2) is 0 Å². The number of thioether (sulfide) groups is 1. The second kappa shape index (κ2) is 7.74. The molecule has 0 saturated heterocycles. The molecule has 0 aliphatic carbocycles. The highest BCUT2D eigenvalue weighted by atomic mass is 32.2. The van der Waals surface area contributed by atoms with Crippen molar-refractivity contribution in [3.05, 3.63) is 35.9 Å². The smallest absolute Gasteiger partial charge is 0.0626 e. The molecule has 0 radical (unpaired) electrons. The number of aliphatic hydroxyl groups excluding tert-OH is 1. The average Bonchev–Trinajstić information content (AvgIpc) is 2.30. The van der Waals surface area contributed by atoms with Gasteiger partial charge in [0.15, 0.2) is 0 Å².